The molecule has 0 aliphatic carbocycles. The van der Waals surface area contributed by atoms with E-state index >= 15 is 0 Å². The van der Waals surface area contributed by atoms with Gasteiger partial charge in [0.1, 0.15) is 23.7 Å². The number of hydrogen-bond donors (Lipinski definition) is 0. The zero-order chi connectivity index (χ0) is 16.5. The number of carbonyl (C=O) groups excluding carboxylic acids is 2. The van der Waals surface area contributed by atoms with Gasteiger partial charge in [0.2, 0.25) is 11.4 Å². The average molecular weight is 304 g/mol. The quantitative estimate of drug-likeness (QED) is 0.370. The number of rotatable bonds is 4. The molecular weight excluding hydrogens is 284 g/mol. The number of carbonyl (C=O) groups is 2. The maximum atomic E-state index is 12.6. The molecule has 118 valence electrons. The van der Waals surface area contributed by atoms with E-state index in [1.54, 1.807) is 24.3 Å². The van der Waals surface area contributed by atoms with Gasteiger partial charge < -0.3 is 14.2 Å². The Labute approximate surface area is 129 Å². The Balaban J connectivity index is 2.15. The summed E-state index contributed by atoms with van der Waals surface area (Å²) in [5.41, 5.74) is -1.80. The highest BCUT2D eigenvalue weighted by Gasteiger charge is 2.49. The second-order valence-electron chi connectivity index (χ2n) is 6.29. The normalized spacial score (nSPS) is 21.1. The average Bonchev–Trinajstić information content (AvgIpc) is 2.41. The monoisotopic (exact) mass is 304 g/mol. The molecule has 1 heterocycles. The Bertz CT molecular complexity index is 626. The molecular formula is C17H20O5. The number of ether oxygens (including phenoxy) is 3. The molecule has 1 aromatic rings. The van der Waals surface area contributed by atoms with Crippen LogP contribution in [0.2, 0.25) is 0 Å². The van der Waals surface area contributed by atoms with Gasteiger partial charge in [-0.1, -0.05) is 18.7 Å². The molecule has 5 heteroatoms. The molecule has 0 amide bonds. The van der Waals surface area contributed by atoms with Crippen LogP contribution in [0.15, 0.2) is 36.6 Å². The summed E-state index contributed by atoms with van der Waals surface area (Å²) in [4.78, 5) is 24.7. The summed E-state index contributed by atoms with van der Waals surface area (Å²) in [7, 11) is 0. The molecule has 5 nitrogen and oxygen atoms in total. The van der Waals surface area contributed by atoms with Gasteiger partial charge in [0.05, 0.1) is 5.56 Å². The zero-order valence-electron chi connectivity index (χ0n) is 13.3. The fourth-order valence-electron chi connectivity index (χ4n) is 2.10. The predicted octanol–water partition coefficient (Wildman–Crippen LogP) is 2.89. The number of ketones is 1. The number of fused-ring (bicyclic) bond motifs is 1. The molecule has 0 N–H and O–H groups in total. The first-order chi connectivity index (χ1) is 10.1. The first-order valence-corrected chi connectivity index (χ1v) is 7.00. The lowest BCUT2D eigenvalue weighted by atomic mass is 9.91. The number of esters is 1. The van der Waals surface area contributed by atoms with E-state index in [-0.39, 0.29) is 12.4 Å². The fourth-order valence-corrected chi connectivity index (χ4v) is 2.10. The van der Waals surface area contributed by atoms with E-state index < -0.39 is 23.0 Å². The van der Waals surface area contributed by atoms with Crippen LogP contribution in [0.1, 0.15) is 38.1 Å². The molecule has 0 saturated carbocycles. The molecule has 1 aliphatic heterocycles. The van der Waals surface area contributed by atoms with Gasteiger partial charge in [-0.3, -0.25) is 4.79 Å². The third kappa shape index (κ3) is 3.20. The fraction of sp³-hybridized carbons (Fsp3) is 0.412. The first kappa shape index (κ1) is 16.2. The van der Waals surface area contributed by atoms with Crippen LogP contribution in [0.25, 0.3) is 0 Å². The van der Waals surface area contributed by atoms with Gasteiger partial charge in [-0.2, -0.15) is 0 Å². The summed E-state index contributed by atoms with van der Waals surface area (Å²) >= 11 is 0. The molecule has 0 radical (unpaired) electrons. The van der Waals surface area contributed by atoms with Gasteiger partial charge in [0, 0.05) is 0 Å². The number of Topliss-reactive ketones (excluding diaryl/α,β-unsaturated/α-hetero) is 1. The van der Waals surface area contributed by atoms with Gasteiger partial charge >= 0.3 is 5.97 Å². The van der Waals surface area contributed by atoms with Gasteiger partial charge in [-0.15, -0.1) is 0 Å². The highest BCUT2D eigenvalue weighted by Crippen LogP contribution is 2.32. The zero-order valence-corrected chi connectivity index (χ0v) is 13.3. The van der Waals surface area contributed by atoms with Crippen LogP contribution in [-0.4, -0.2) is 29.6 Å². The topological polar surface area (TPSA) is 61.8 Å². The minimum atomic E-state index is -1.70. The summed E-state index contributed by atoms with van der Waals surface area (Å²) in [6, 6.07) is 6.58. The van der Waals surface area contributed by atoms with Crippen molar-refractivity contribution in [1.82, 2.24) is 0 Å². The largest absolute Gasteiger partial charge is 0.491 e. The Morgan fingerprint density at radius 3 is 2.55 bits per heavy atom. The Morgan fingerprint density at radius 2 is 1.91 bits per heavy atom. The van der Waals surface area contributed by atoms with Crippen molar-refractivity contribution < 1.29 is 23.8 Å². The summed E-state index contributed by atoms with van der Waals surface area (Å²) < 4.78 is 16.2. The van der Waals surface area contributed by atoms with E-state index in [0.29, 0.717) is 11.3 Å². The molecule has 1 unspecified atom stereocenters. The van der Waals surface area contributed by atoms with Crippen LogP contribution >= 0.6 is 0 Å². The van der Waals surface area contributed by atoms with Crippen LogP contribution in [-0.2, 0) is 14.3 Å². The van der Waals surface area contributed by atoms with E-state index in [1.165, 1.54) is 6.92 Å². The number of para-hydroxylation sites is 1. The minimum absolute atomic E-state index is 0.0726. The van der Waals surface area contributed by atoms with Crippen molar-refractivity contribution in [2.24, 2.45) is 0 Å². The van der Waals surface area contributed by atoms with Crippen LogP contribution in [0.3, 0.4) is 0 Å². The van der Waals surface area contributed by atoms with Crippen LogP contribution < -0.4 is 4.74 Å². The van der Waals surface area contributed by atoms with Gasteiger partial charge in [-0.05, 0) is 39.8 Å². The molecule has 0 fully saturated rings. The third-order valence-electron chi connectivity index (χ3n) is 3.13. The highest BCUT2D eigenvalue weighted by atomic mass is 16.6. The third-order valence-corrected chi connectivity index (χ3v) is 3.13. The van der Waals surface area contributed by atoms with Crippen molar-refractivity contribution in [3.05, 3.63) is 42.2 Å². The predicted molar refractivity (Wildman–Crippen MR) is 80.7 cm³/mol. The van der Waals surface area contributed by atoms with E-state index in [2.05, 4.69) is 6.58 Å². The molecule has 0 aromatic heterocycles. The summed E-state index contributed by atoms with van der Waals surface area (Å²) in [5.74, 6) is -0.570. The maximum absolute atomic E-state index is 12.6. The van der Waals surface area contributed by atoms with Gasteiger partial charge in [0.15, 0.2) is 0 Å². The molecule has 22 heavy (non-hydrogen) atoms. The van der Waals surface area contributed by atoms with Crippen LogP contribution in [0, 0.1) is 0 Å². The summed E-state index contributed by atoms with van der Waals surface area (Å²) in [6.45, 7) is 10.7. The standard InChI is InChI=1S/C17H20O5/c1-11(22-16(2,3)4)10-20-17(5)14(18)12-8-6-7-9-13(12)21-15(17)19/h6-9H,1,10H2,2-5H3. The van der Waals surface area contributed by atoms with Crippen molar-refractivity contribution in [3.8, 4) is 5.75 Å². The molecule has 0 bridgehead atoms. The first-order valence-electron chi connectivity index (χ1n) is 7.00. The highest BCUT2D eigenvalue weighted by molar-refractivity contribution is 6.19. The Hall–Kier alpha value is -2.14. The smallest absolute Gasteiger partial charge is 0.351 e. The van der Waals surface area contributed by atoms with Crippen LogP contribution in [0.4, 0.5) is 0 Å². The molecule has 0 spiro atoms. The molecule has 2 rings (SSSR count). The van der Waals surface area contributed by atoms with E-state index in [0.717, 1.165) is 0 Å². The van der Waals surface area contributed by atoms with Gasteiger partial charge in [-0.25, -0.2) is 4.79 Å². The SMILES string of the molecule is C=C(COC1(C)C(=O)Oc2ccccc2C1=O)OC(C)(C)C. The second-order valence-corrected chi connectivity index (χ2v) is 6.29. The van der Waals surface area contributed by atoms with Crippen LogP contribution in [0.5, 0.6) is 5.75 Å². The van der Waals surface area contributed by atoms with Crippen molar-refractivity contribution >= 4 is 11.8 Å². The molecule has 0 saturated heterocycles. The lowest BCUT2D eigenvalue weighted by molar-refractivity contribution is -0.155. The van der Waals surface area contributed by atoms with E-state index in [9.17, 15) is 9.59 Å². The number of benzene rings is 1. The van der Waals surface area contributed by atoms with E-state index in [4.69, 9.17) is 14.2 Å². The molecule has 1 atom stereocenters. The van der Waals surface area contributed by atoms with Crippen molar-refractivity contribution in [2.75, 3.05) is 6.61 Å². The lowest BCUT2D eigenvalue weighted by Crippen LogP contribution is -2.52. The maximum Gasteiger partial charge on any atom is 0.351 e. The minimum Gasteiger partial charge on any atom is -0.491 e. The van der Waals surface area contributed by atoms with Crippen molar-refractivity contribution in [3.63, 3.8) is 0 Å². The number of hydrogen-bond acceptors (Lipinski definition) is 5. The molecule has 1 aromatic carbocycles. The van der Waals surface area contributed by atoms with Crippen molar-refractivity contribution in [1.29, 1.82) is 0 Å². The Kier molecular flexibility index (Phi) is 4.11. The van der Waals surface area contributed by atoms with E-state index in [1.807, 2.05) is 20.8 Å². The summed E-state index contributed by atoms with van der Waals surface area (Å²) in [5, 5.41) is 0. The molecule has 1 aliphatic rings. The summed E-state index contributed by atoms with van der Waals surface area (Å²) in [6.07, 6.45) is 0. The lowest BCUT2D eigenvalue weighted by Gasteiger charge is -2.31. The van der Waals surface area contributed by atoms with Gasteiger partial charge in [0.25, 0.3) is 0 Å². The Morgan fingerprint density at radius 1 is 1.27 bits per heavy atom. The van der Waals surface area contributed by atoms with Crippen molar-refractivity contribution in [2.45, 2.75) is 38.9 Å². The second kappa shape index (κ2) is 5.57.